The lowest BCUT2D eigenvalue weighted by Crippen LogP contribution is -2.12. The lowest BCUT2D eigenvalue weighted by atomic mass is 10.2. The molecule has 0 N–H and O–H groups in total. The van der Waals surface area contributed by atoms with Crippen LogP contribution in [0.1, 0.15) is 19.6 Å². The van der Waals surface area contributed by atoms with Crippen molar-refractivity contribution in [3.05, 3.63) is 52.8 Å². The molecule has 0 saturated carbocycles. The number of furan rings is 1. The predicted octanol–water partition coefficient (Wildman–Crippen LogP) is 4.46. The van der Waals surface area contributed by atoms with Gasteiger partial charge in [-0.15, -0.1) is 0 Å². The molecule has 1 aromatic heterocycles. The van der Waals surface area contributed by atoms with Gasteiger partial charge in [0, 0.05) is 16.7 Å². The van der Waals surface area contributed by atoms with Crippen LogP contribution in [0.2, 0.25) is 5.02 Å². The summed E-state index contributed by atoms with van der Waals surface area (Å²) >= 11 is 5.84. The van der Waals surface area contributed by atoms with Crippen molar-refractivity contribution >= 4 is 23.6 Å². The number of carbonyl (C=O) groups is 1. The molecule has 0 radical (unpaired) electrons. The molecule has 0 saturated heterocycles. The minimum absolute atomic E-state index is 0.106. The summed E-state index contributed by atoms with van der Waals surface area (Å²) in [6, 6.07) is 12.4. The SMILES string of the molecule is CC(C)OC(=O)/C(C#N)=C/c1ccc(-c2ccc(Cl)cc2)o1. The second kappa shape index (κ2) is 6.97. The highest BCUT2D eigenvalue weighted by molar-refractivity contribution is 6.30. The van der Waals surface area contributed by atoms with Gasteiger partial charge in [0.2, 0.25) is 0 Å². The van der Waals surface area contributed by atoms with Crippen molar-refractivity contribution in [2.24, 2.45) is 0 Å². The van der Waals surface area contributed by atoms with Gasteiger partial charge < -0.3 is 9.15 Å². The fourth-order valence-corrected chi connectivity index (χ4v) is 1.88. The number of rotatable bonds is 4. The van der Waals surface area contributed by atoms with Crippen LogP contribution < -0.4 is 0 Å². The van der Waals surface area contributed by atoms with Gasteiger partial charge in [-0.1, -0.05) is 11.6 Å². The standard InChI is InChI=1S/C17H14ClNO3/c1-11(2)21-17(20)13(10-19)9-15-7-8-16(22-15)12-3-5-14(18)6-4-12/h3-9,11H,1-2H3/b13-9+. The molecule has 0 aliphatic heterocycles. The molecule has 22 heavy (non-hydrogen) atoms. The van der Waals surface area contributed by atoms with Gasteiger partial charge in [-0.3, -0.25) is 0 Å². The molecule has 5 heteroatoms. The van der Waals surface area contributed by atoms with Crippen LogP contribution in [0, 0.1) is 11.3 Å². The van der Waals surface area contributed by atoms with E-state index in [1.54, 1.807) is 38.1 Å². The Morgan fingerprint density at radius 1 is 1.27 bits per heavy atom. The monoisotopic (exact) mass is 315 g/mol. The van der Waals surface area contributed by atoms with Crippen LogP contribution in [0.15, 0.2) is 46.4 Å². The summed E-state index contributed by atoms with van der Waals surface area (Å²) in [5, 5.41) is 9.69. The number of halogens is 1. The van der Waals surface area contributed by atoms with Gasteiger partial charge in [0.05, 0.1) is 6.10 Å². The maximum atomic E-state index is 11.7. The van der Waals surface area contributed by atoms with E-state index in [1.165, 1.54) is 6.08 Å². The second-order valence-electron chi connectivity index (χ2n) is 4.83. The number of nitriles is 1. The first-order valence-electron chi connectivity index (χ1n) is 6.68. The second-order valence-corrected chi connectivity index (χ2v) is 5.27. The number of hydrogen-bond acceptors (Lipinski definition) is 4. The highest BCUT2D eigenvalue weighted by atomic mass is 35.5. The van der Waals surface area contributed by atoms with E-state index in [0.29, 0.717) is 16.5 Å². The smallest absolute Gasteiger partial charge is 0.349 e. The van der Waals surface area contributed by atoms with Crippen LogP contribution in [-0.4, -0.2) is 12.1 Å². The summed E-state index contributed by atoms with van der Waals surface area (Å²) < 4.78 is 10.6. The molecule has 0 aliphatic rings. The number of esters is 1. The number of benzene rings is 1. The molecule has 2 aromatic rings. The minimum Gasteiger partial charge on any atom is -0.459 e. The first-order chi connectivity index (χ1) is 10.5. The predicted molar refractivity (Wildman–Crippen MR) is 84.0 cm³/mol. The van der Waals surface area contributed by atoms with Gasteiger partial charge in [-0.25, -0.2) is 4.79 Å². The van der Waals surface area contributed by atoms with E-state index in [4.69, 9.17) is 26.0 Å². The normalized spacial score (nSPS) is 11.3. The summed E-state index contributed by atoms with van der Waals surface area (Å²) in [4.78, 5) is 11.7. The van der Waals surface area contributed by atoms with Crippen molar-refractivity contribution in [3.8, 4) is 17.4 Å². The van der Waals surface area contributed by atoms with Crippen LogP contribution in [0.3, 0.4) is 0 Å². The van der Waals surface area contributed by atoms with Crippen LogP contribution >= 0.6 is 11.6 Å². The van der Waals surface area contributed by atoms with Crippen LogP contribution in [0.25, 0.3) is 17.4 Å². The Balaban J connectivity index is 2.23. The Hall–Kier alpha value is -2.51. The van der Waals surface area contributed by atoms with Gasteiger partial charge in [0.25, 0.3) is 0 Å². The molecule has 0 atom stereocenters. The van der Waals surface area contributed by atoms with E-state index < -0.39 is 5.97 Å². The number of ether oxygens (including phenoxy) is 1. The van der Waals surface area contributed by atoms with Crippen LogP contribution in [0.5, 0.6) is 0 Å². The lowest BCUT2D eigenvalue weighted by molar-refractivity contribution is -0.142. The summed E-state index contributed by atoms with van der Waals surface area (Å²) in [5.74, 6) is 0.363. The molecule has 4 nitrogen and oxygen atoms in total. The summed E-state index contributed by atoms with van der Waals surface area (Å²) in [7, 11) is 0. The minimum atomic E-state index is -0.665. The molecule has 0 bridgehead atoms. The van der Waals surface area contributed by atoms with Gasteiger partial charge in [0.1, 0.15) is 23.2 Å². The Morgan fingerprint density at radius 2 is 1.95 bits per heavy atom. The molecule has 0 aliphatic carbocycles. The van der Waals surface area contributed by atoms with Gasteiger partial charge in [-0.05, 0) is 50.2 Å². The first kappa shape index (κ1) is 15.9. The van der Waals surface area contributed by atoms with E-state index in [-0.39, 0.29) is 11.7 Å². The third kappa shape index (κ3) is 4.00. The zero-order valence-electron chi connectivity index (χ0n) is 12.2. The molecule has 0 amide bonds. The quantitative estimate of drug-likeness (QED) is 0.475. The average Bonchev–Trinajstić information content (AvgIpc) is 2.93. The van der Waals surface area contributed by atoms with E-state index >= 15 is 0 Å². The third-order valence-electron chi connectivity index (χ3n) is 2.73. The van der Waals surface area contributed by atoms with Crippen molar-refractivity contribution in [3.63, 3.8) is 0 Å². The fraction of sp³-hybridized carbons (Fsp3) is 0.176. The van der Waals surface area contributed by atoms with E-state index in [9.17, 15) is 4.79 Å². The van der Waals surface area contributed by atoms with Crippen molar-refractivity contribution in [2.75, 3.05) is 0 Å². The van der Waals surface area contributed by atoms with Gasteiger partial charge >= 0.3 is 5.97 Å². The Morgan fingerprint density at radius 3 is 2.55 bits per heavy atom. The molecule has 0 unspecified atom stereocenters. The van der Waals surface area contributed by atoms with E-state index in [1.807, 2.05) is 18.2 Å². The van der Waals surface area contributed by atoms with Crippen molar-refractivity contribution in [1.82, 2.24) is 0 Å². The molecule has 1 heterocycles. The maximum Gasteiger partial charge on any atom is 0.349 e. The zero-order valence-corrected chi connectivity index (χ0v) is 12.9. The van der Waals surface area contributed by atoms with Crippen molar-refractivity contribution in [1.29, 1.82) is 5.26 Å². The van der Waals surface area contributed by atoms with E-state index in [2.05, 4.69) is 0 Å². The van der Waals surface area contributed by atoms with Crippen molar-refractivity contribution in [2.45, 2.75) is 20.0 Å². The van der Waals surface area contributed by atoms with Crippen molar-refractivity contribution < 1.29 is 13.9 Å². The Kier molecular flexibility index (Phi) is 5.03. The van der Waals surface area contributed by atoms with Gasteiger partial charge in [-0.2, -0.15) is 5.26 Å². The van der Waals surface area contributed by atoms with Gasteiger partial charge in [0.15, 0.2) is 0 Å². The molecular weight excluding hydrogens is 302 g/mol. The molecule has 2 rings (SSSR count). The molecule has 1 aromatic carbocycles. The summed E-state index contributed by atoms with van der Waals surface area (Å²) in [6.07, 6.45) is 1.08. The van der Waals surface area contributed by atoms with Crippen LogP contribution in [-0.2, 0) is 9.53 Å². The highest BCUT2D eigenvalue weighted by Crippen LogP contribution is 2.25. The Bertz CT molecular complexity index is 736. The third-order valence-corrected chi connectivity index (χ3v) is 2.98. The summed E-state index contributed by atoms with van der Waals surface area (Å²) in [5.41, 5.74) is 0.748. The molecule has 0 fully saturated rings. The molecular formula is C17H14ClNO3. The number of nitrogens with zero attached hydrogens (tertiary/aromatic N) is 1. The number of carbonyl (C=O) groups excluding carboxylic acids is 1. The Labute approximate surface area is 133 Å². The zero-order chi connectivity index (χ0) is 16.1. The lowest BCUT2D eigenvalue weighted by Gasteiger charge is -2.05. The van der Waals surface area contributed by atoms with E-state index in [0.717, 1.165) is 5.56 Å². The average molecular weight is 316 g/mol. The summed E-state index contributed by atoms with van der Waals surface area (Å²) in [6.45, 7) is 3.44. The molecule has 0 spiro atoms. The topological polar surface area (TPSA) is 63.2 Å². The largest absolute Gasteiger partial charge is 0.459 e. The highest BCUT2D eigenvalue weighted by Gasteiger charge is 2.13. The molecule has 112 valence electrons. The number of hydrogen-bond donors (Lipinski definition) is 0. The van der Waals surface area contributed by atoms with Crippen LogP contribution in [0.4, 0.5) is 0 Å². The fourth-order valence-electron chi connectivity index (χ4n) is 1.76. The first-order valence-corrected chi connectivity index (χ1v) is 7.06. The maximum absolute atomic E-state index is 11.7.